The Morgan fingerprint density at radius 1 is 1.41 bits per heavy atom. The third-order valence-electron chi connectivity index (χ3n) is 2.79. The second-order valence-electron chi connectivity index (χ2n) is 4.50. The highest BCUT2D eigenvalue weighted by Gasteiger charge is 2.09. The van der Waals surface area contributed by atoms with Gasteiger partial charge in [-0.25, -0.2) is 0 Å². The number of carbonyl (C=O) groups excluding carboxylic acids is 1. The van der Waals surface area contributed by atoms with Crippen molar-refractivity contribution in [3.8, 4) is 0 Å². The van der Waals surface area contributed by atoms with Crippen molar-refractivity contribution in [2.75, 3.05) is 24.8 Å². The minimum absolute atomic E-state index is 0.0577. The molecule has 118 valence electrons. The van der Waals surface area contributed by atoms with Gasteiger partial charge in [0.25, 0.3) is 0 Å². The second-order valence-corrected chi connectivity index (χ2v) is 6.69. The molecule has 0 fully saturated rings. The van der Waals surface area contributed by atoms with Crippen LogP contribution in [-0.4, -0.2) is 40.1 Å². The fourth-order valence-electron chi connectivity index (χ4n) is 1.75. The van der Waals surface area contributed by atoms with Crippen molar-refractivity contribution in [1.82, 2.24) is 14.8 Å². The first-order chi connectivity index (χ1) is 10.7. The minimum atomic E-state index is -0.0577. The number of anilines is 1. The van der Waals surface area contributed by atoms with Gasteiger partial charge in [0.15, 0.2) is 5.16 Å². The van der Waals surface area contributed by atoms with Gasteiger partial charge in [-0.15, -0.1) is 10.2 Å². The van der Waals surface area contributed by atoms with Gasteiger partial charge >= 0.3 is 0 Å². The second kappa shape index (κ2) is 9.11. The standard InChI is InChI=1S/C14H17IN4O2S/c1-21-8-2-7-19-10-16-18-14(19)22-9-13(20)17-12-5-3-11(15)4-6-12/h3-6,10H,2,7-9H2,1H3,(H,17,20). The van der Waals surface area contributed by atoms with E-state index in [0.717, 1.165) is 27.4 Å². The number of nitrogens with zero attached hydrogens (tertiary/aromatic N) is 3. The number of hydrogen-bond acceptors (Lipinski definition) is 5. The number of nitrogens with one attached hydrogen (secondary N) is 1. The molecule has 1 heterocycles. The summed E-state index contributed by atoms with van der Waals surface area (Å²) in [4.78, 5) is 12.0. The summed E-state index contributed by atoms with van der Waals surface area (Å²) in [7, 11) is 1.68. The molecule has 0 saturated carbocycles. The largest absolute Gasteiger partial charge is 0.385 e. The van der Waals surface area contributed by atoms with Crippen molar-refractivity contribution in [1.29, 1.82) is 0 Å². The molecule has 0 radical (unpaired) electrons. The van der Waals surface area contributed by atoms with Crippen LogP contribution in [0.2, 0.25) is 0 Å². The first-order valence-electron chi connectivity index (χ1n) is 6.74. The molecule has 8 heteroatoms. The zero-order chi connectivity index (χ0) is 15.8. The Balaban J connectivity index is 1.81. The third kappa shape index (κ3) is 5.58. The average molecular weight is 432 g/mol. The highest BCUT2D eigenvalue weighted by Crippen LogP contribution is 2.16. The van der Waals surface area contributed by atoms with Crippen LogP contribution in [0.1, 0.15) is 6.42 Å². The molecule has 1 N–H and O–H groups in total. The normalized spacial score (nSPS) is 10.6. The molecule has 0 atom stereocenters. The van der Waals surface area contributed by atoms with E-state index in [1.807, 2.05) is 28.8 Å². The lowest BCUT2D eigenvalue weighted by atomic mass is 10.3. The van der Waals surface area contributed by atoms with Crippen molar-refractivity contribution < 1.29 is 9.53 Å². The summed E-state index contributed by atoms with van der Waals surface area (Å²) in [6.07, 6.45) is 2.56. The molecule has 2 rings (SSSR count). The van der Waals surface area contributed by atoms with E-state index >= 15 is 0 Å². The number of hydrogen-bond donors (Lipinski definition) is 1. The summed E-state index contributed by atoms with van der Waals surface area (Å²) in [5.41, 5.74) is 0.799. The topological polar surface area (TPSA) is 69.0 Å². The number of carbonyl (C=O) groups is 1. The summed E-state index contributed by atoms with van der Waals surface area (Å²) in [6.45, 7) is 1.47. The number of methoxy groups -OCH3 is 1. The molecule has 0 spiro atoms. The van der Waals surface area contributed by atoms with E-state index in [0.29, 0.717) is 12.4 Å². The Morgan fingerprint density at radius 3 is 2.91 bits per heavy atom. The zero-order valence-electron chi connectivity index (χ0n) is 12.2. The molecule has 0 aliphatic heterocycles. The van der Waals surface area contributed by atoms with Crippen molar-refractivity contribution in [2.45, 2.75) is 18.1 Å². The van der Waals surface area contributed by atoms with E-state index in [-0.39, 0.29) is 5.91 Å². The Kier molecular flexibility index (Phi) is 7.13. The quantitative estimate of drug-likeness (QED) is 0.395. The van der Waals surface area contributed by atoms with Crippen molar-refractivity contribution in [2.24, 2.45) is 0 Å². The van der Waals surface area contributed by atoms with E-state index < -0.39 is 0 Å². The van der Waals surface area contributed by atoms with Crippen molar-refractivity contribution in [3.05, 3.63) is 34.2 Å². The number of aromatic nitrogens is 3. The van der Waals surface area contributed by atoms with E-state index in [2.05, 4.69) is 38.1 Å². The molecule has 1 amide bonds. The molecule has 0 aliphatic carbocycles. The van der Waals surface area contributed by atoms with Gasteiger partial charge < -0.3 is 14.6 Å². The first kappa shape index (κ1) is 17.2. The maximum Gasteiger partial charge on any atom is 0.234 e. The molecule has 1 aromatic carbocycles. The Labute approximate surface area is 147 Å². The van der Waals surface area contributed by atoms with Crippen LogP contribution in [0.5, 0.6) is 0 Å². The summed E-state index contributed by atoms with van der Waals surface area (Å²) in [5.74, 6) is 0.243. The van der Waals surface area contributed by atoms with Crippen LogP contribution in [0.3, 0.4) is 0 Å². The summed E-state index contributed by atoms with van der Waals surface area (Å²) in [6, 6.07) is 7.68. The van der Waals surface area contributed by atoms with Gasteiger partial charge in [0.05, 0.1) is 5.75 Å². The molecule has 0 unspecified atom stereocenters. The molecule has 6 nitrogen and oxygen atoms in total. The summed E-state index contributed by atoms with van der Waals surface area (Å²) in [5, 5.41) is 11.5. The first-order valence-corrected chi connectivity index (χ1v) is 8.80. The number of aryl methyl sites for hydroxylation is 1. The van der Waals surface area contributed by atoms with Crippen LogP contribution in [0.15, 0.2) is 35.7 Å². The fraction of sp³-hybridized carbons (Fsp3) is 0.357. The van der Waals surface area contributed by atoms with Gasteiger partial charge in [-0.3, -0.25) is 4.79 Å². The van der Waals surface area contributed by atoms with Crippen LogP contribution in [0.4, 0.5) is 5.69 Å². The molecule has 2 aromatic rings. The lowest BCUT2D eigenvalue weighted by molar-refractivity contribution is -0.113. The highest BCUT2D eigenvalue weighted by molar-refractivity contribution is 14.1. The number of halogens is 1. The number of benzene rings is 1. The van der Waals surface area contributed by atoms with E-state index in [9.17, 15) is 4.79 Å². The molecule has 0 aliphatic rings. The van der Waals surface area contributed by atoms with Gasteiger partial charge in [0, 0.05) is 29.5 Å². The van der Waals surface area contributed by atoms with Crippen LogP contribution in [0.25, 0.3) is 0 Å². The number of ether oxygens (including phenoxy) is 1. The molecular weight excluding hydrogens is 415 g/mol. The SMILES string of the molecule is COCCCn1cnnc1SCC(=O)Nc1ccc(I)cc1. The molecule has 0 saturated heterocycles. The van der Waals surface area contributed by atoms with Crippen LogP contribution < -0.4 is 5.32 Å². The van der Waals surface area contributed by atoms with Crippen molar-refractivity contribution in [3.63, 3.8) is 0 Å². The van der Waals surface area contributed by atoms with E-state index in [1.165, 1.54) is 11.8 Å². The maximum atomic E-state index is 12.0. The highest BCUT2D eigenvalue weighted by atomic mass is 127. The van der Waals surface area contributed by atoms with Crippen LogP contribution in [-0.2, 0) is 16.1 Å². The molecular formula is C14H17IN4O2S. The molecule has 22 heavy (non-hydrogen) atoms. The monoisotopic (exact) mass is 432 g/mol. The molecule has 0 bridgehead atoms. The fourth-order valence-corrected chi connectivity index (χ4v) is 2.85. The van der Waals surface area contributed by atoms with Gasteiger partial charge in [0.1, 0.15) is 6.33 Å². The van der Waals surface area contributed by atoms with E-state index in [1.54, 1.807) is 13.4 Å². The van der Waals surface area contributed by atoms with E-state index in [4.69, 9.17) is 4.74 Å². The third-order valence-corrected chi connectivity index (χ3v) is 4.49. The van der Waals surface area contributed by atoms with Gasteiger partial charge in [-0.2, -0.15) is 0 Å². The van der Waals surface area contributed by atoms with Gasteiger partial charge in [0.2, 0.25) is 5.91 Å². The van der Waals surface area contributed by atoms with Gasteiger partial charge in [-0.05, 0) is 53.3 Å². The van der Waals surface area contributed by atoms with Crippen LogP contribution >= 0.6 is 34.4 Å². The molecule has 1 aromatic heterocycles. The predicted molar refractivity (Wildman–Crippen MR) is 95.0 cm³/mol. The Hall–Kier alpha value is -1.13. The maximum absolute atomic E-state index is 12.0. The minimum Gasteiger partial charge on any atom is -0.385 e. The smallest absolute Gasteiger partial charge is 0.234 e. The average Bonchev–Trinajstić information content (AvgIpc) is 2.95. The lowest BCUT2D eigenvalue weighted by Crippen LogP contribution is -2.14. The zero-order valence-corrected chi connectivity index (χ0v) is 15.1. The summed E-state index contributed by atoms with van der Waals surface area (Å²) < 4.78 is 8.09. The summed E-state index contributed by atoms with van der Waals surface area (Å²) >= 11 is 3.60. The van der Waals surface area contributed by atoms with Crippen LogP contribution in [0, 0.1) is 3.57 Å². The number of amides is 1. The number of thioether (sulfide) groups is 1. The Bertz CT molecular complexity index is 603. The van der Waals surface area contributed by atoms with Gasteiger partial charge in [-0.1, -0.05) is 11.8 Å². The lowest BCUT2D eigenvalue weighted by Gasteiger charge is -2.07. The predicted octanol–water partition coefficient (Wildman–Crippen LogP) is 2.65. The van der Waals surface area contributed by atoms with Crippen molar-refractivity contribution >= 4 is 45.9 Å². The Morgan fingerprint density at radius 2 is 2.18 bits per heavy atom. The number of rotatable bonds is 8.